The normalized spacial score (nSPS) is 11.9. The molecular weight excluding hydrogens is 506 g/mol. The summed E-state index contributed by atoms with van der Waals surface area (Å²) in [5, 5.41) is 15.1. The lowest BCUT2D eigenvalue weighted by molar-refractivity contribution is 1.29. The van der Waals surface area contributed by atoms with Crippen LogP contribution in [-0.4, -0.2) is 5.71 Å². The van der Waals surface area contributed by atoms with Crippen molar-refractivity contribution >= 4 is 43.6 Å². The first-order chi connectivity index (χ1) is 20.5. The van der Waals surface area contributed by atoms with Crippen molar-refractivity contribution < 1.29 is 0 Å². The molecule has 0 saturated carbocycles. The highest BCUT2D eigenvalue weighted by Crippen LogP contribution is 2.44. The van der Waals surface area contributed by atoms with Crippen molar-refractivity contribution in [2.24, 2.45) is 0 Å². The molecule has 1 heteroatoms. The number of allylic oxidation sites excluding steroid dienone is 6. The Morgan fingerprint density at radius 2 is 1.24 bits per heavy atom. The molecule has 1 nitrogen and oxygen atoms in total. The minimum Gasteiger partial charge on any atom is -0.306 e. The van der Waals surface area contributed by atoms with Gasteiger partial charge in [-0.15, -0.1) is 0 Å². The van der Waals surface area contributed by atoms with Crippen LogP contribution >= 0.6 is 0 Å². The van der Waals surface area contributed by atoms with Crippen molar-refractivity contribution in [1.29, 1.82) is 5.41 Å². The van der Waals surface area contributed by atoms with E-state index in [0.29, 0.717) is 5.71 Å². The van der Waals surface area contributed by atoms with Gasteiger partial charge in [-0.3, -0.25) is 0 Å². The van der Waals surface area contributed by atoms with Crippen LogP contribution < -0.4 is 0 Å². The van der Waals surface area contributed by atoms with Gasteiger partial charge in [-0.05, 0) is 103 Å². The molecule has 0 aliphatic rings. The van der Waals surface area contributed by atoms with Crippen molar-refractivity contribution in [3.05, 3.63) is 164 Å². The summed E-state index contributed by atoms with van der Waals surface area (Å²) in [6.07, 6.45) is 8.52. The monoisotopic (exact) mass is 539 g/mol. The average molecular weight is 540 g/mol. The second kappa shape index (κ2) is 11.7. The highest BCUT2D eigenvalue weighted by molar-refractivity contribution is 6.21. The van der Waals surface area contributed by atoms with E-state index >= 15 is 0 Å². The zero-order chi connectivity index (χ0) is 29.1. The molecular formula is C41H33N. The van der Waals surface area contributed by atoms with Crippen LogP contribution in [0.2, 0.25) is 0 Å². The van der Waals surface area contributed by atoms with Gasteiger partial charge in [-0.2, -0.15) is 0 Å². The fourth-order valence-electron chi connectivity index (χ4n) is 5.87. The molecule has 202 valence electrons. The van der Waals surface area contributed by atoms with E-state index in [0.717, 1.165) is 23.1 Å². The Hall–Kier alpha value is -5.27. The maximum Gasteiger partial charge on any atom is 0.0285 e. The Balaban J connectivity index is 1.46. The fraction of sp³-hybridized carbons (Fsp3) is 0.0488. The lowest BCUT2D eigenvalue weighted by Gasteiger charge is -2.18. The third kappa shape index (κ3) is 5.25. The van der Waals surface area contributed by atoms with Crippen LogP contribution in [0.15, 0.2) is 158 Å². The van der Waals surface area contributed by atoms with E-state index in [1.165, 1.54) is 54.6 Å². The molecule has 0 spiro atoms. The summed E-state index contributed by atoms with van der Waals surface area (Å²) >= 11 is 0. The molecule has 0 bridgehead atoms. The average Bonchev–Trinajstić information content (AvgIpc) is 3.02. The van der Waals surface area contributed by atoms with Crippen LogP contribution in [0.3, 0.4) is 0 Å². The van der Waals surface area contributed by atoms with Gasteiger partial charge in [0.1, 0.15) is 0 Å². The molecule has 0 aliphatic carbocycles. The van der Waals surface area contributed by atoms with E-state index in [-0.39, 0.29) is 0 Å². The quantitative estimate of drug-likeness (QED) is 0.113. The zero-order valence-corrected chi connectivity index (χ0v) is 23.9. The molecule has 6 rings (SSSR count). The van der Waals surface area contributed by atoms with E-state index in [1.54, 1.807) is 6.92 Å². The maximum atomic E-state index is 7.71. The molecule has 0 radical (unpaired) electrons. The highest BCUT2D eigenvalue weighted by atomic mass is 14.4. The molecule has 0 fully saturated rings. The van der Waals surface area contributed by atoms with E-state index in [9.17, 15) is 0 Å². The highest BCUT2D eigenvalue weighted by Gasteiger charge is 2.16. The summed E-state index contributed by atoms with van der Waals surface area (Å²) < 4.78 is 0. The molecule has 0 amide bonds. The van der Waals surface area contributed by atoms with Crippen LogP contribution in [0, 0.1) is 5.41 Å². The number of hydrogen-bond acceptors (Lipinski definition) is 1. The lowest BCUT2D eigenvalue weighted by atomic mass is 9.85. The Morgan fingerprint density at radius 1 is 0.667 bits per heavy atom. The third-order valence-corrected chi connectivity index (χ3v) is 7.83. The predicted octanol–water partition coefficient (Wildman–Crippen LogP) is 11.6. The SMILES string of the molecule is C=C/C(=C\C(C)=N)C/C=C\C(=C)c1ccc2ccc(-c3c4ccccc4c(-c4ccccc4)c4ccccc34)cc2c1. The number of benzene rings is 6. The molecule has 0 aliphatic heterocycles. The summed E-state index contributed by atoms with van der Waals surface area (Å²) in [4.78, 5) is 0. The summed E-state index contributed by atoms with van der Waals surface area (Å²) in [5.41, 5.74) is 8.58. The zero-order valence-electron chi connectivity index (χ0n) is 23.9. The number of hydrogen-bond donors (Lipinski definition) is 1. The topological polar surface area (TPSA) is 23.9 Å². The lowest BCUT2D eigenvalue weighted by Crippen LogP contribution is -1.91. The Kier molecular flexibility index (Phi) is 7.49. The molecule has 0 saturated heterocycles. The Bertz CT molecular complexity index is 2000. The van der Waals surface area contributed by atoms with Crippen LogP contribution in [-0.2, 0) is 0 Å². The Labute approximate surface area is 248 Å². The molecule has 6 aromatic rings. The molecule has 0 unspecified atom stereocenters. The van der Waals surface area contributed by atoms with Gasteiger partial charge < -0.3 is 5.41 Å². The van der Waals surface area contributed by atoms with Gasteiger partial charge in [-0.25, -0.2) is 0 Å². The number of nitrogens with one attached hydrogen (secondary N) is 1. The van der Waals surface area contributed by atoms with E-state index in [4.69, 9.17) is 5.41 Å². The molecule has 42 heavy (non-hydrogen) atoms. The fourth-order valence-corrected chi connectivity index (χ4v) is 5.87. The summed E-state index contributed by atoms with van der Waals surface area (Å²) in [6, 6.07) is 41.6. The maximum absolute atomic E-state index is 7.71. The molecule has 1 N–H and O–H groups in total. The van der Waals surface area contributed by atoms with Crippen LogP contribution in [0.25, 0.3) is 60.1 Å². The first-order valence-corrected chi connectivity index (χ1v) is 14.3. The number of fused-ring (bicyclic) bond motifs is 3. The van der Waals surface area contributed by atoms with Gasteiger partial charge in [-0.1, -0.05) is 135 Å². The largest absolute Gasteiger partial charge is 0.306 e. The third-order valence-electron chi connectivity index (χ3n) is 7.83. The Morgan fingerprint density at radius 3 is 1.83 bits per heavy atom. The van der Waals surface area contributed by atoms with Crippen molar-refractivity contribution in [3.8, 4) is 22.3 Å². The van der Waals surface area contributed by atoms with Crippen LogP contribution in [0.4, 0.5) is 0 Å². The summed E-state index contributed by atoms with van der Waals surface area (Å²) in [7, 11) is 0. The van der Waals surface area contributed by atoms with Crippen molar-refractivity contribution in [2.45, 2.75) is 13.3 Å². The summed E-state index contributed by atoms with van der Waals surface area (Å²) in [6.45, 7) is 9.99. The van der Waals surface area contributed by atoms with Crippen molar-refractivity contribution in [2.75, 3.05) is 0 Å². The van der Waals surface area contributed by atoms with Gasteiger partial charge >= 0.3 is 0 Å². The van der Waals surface area contributed by atoms with E-state index < -0.39 is 0 Å². The second-order valence-corrected chi connectivity index (χ2v) is 10.7. The number of rotatable bonds is 8. The van der Waals surface area contributed by atoms with Crippen LogP contribution in [0.1, 0.15) is 18.9 Å². The van der Waals surface area contributed by atoms with Gasteiger partial charge in [0, 0.05) is 5.71 Å². The van der Waals surface area contributed by atoms with Gasteiger partial charge in [0.05, 0.1) is 0 Å². The standard InChI is InChI=1S/C41H33N/c1-4-30(25-29(3)42)14-12-13-28(2)33-23-21-31-22-24-34(27-35(31)26-33)41-38-19-10-8-17-36(38)40(32-15-6-5-7-16-32)37-18-9-11-20-39(37)41/h4-13,15-27,42H,1-2,14H2,3H3/b13-12-,30-25+,42-29?. The first kappa shape index (κ1) is 26.9. The smallest absolute Gasteiger partial charge is 0.0285 e. The van der Waals surface area contributed by atoms with E-state index in [2.05, 4.69) is 141 Å². The van der Waals surface area contributed by atoms with Crippen LogP contribution in [0.5, 0.6) is 0 Å². The molecule has 0 atom stereocenters. The minimum atomic E-state index is 0.526. The minimum absolute atomic E-state index is 0.526. The molecule has 0 aromatic heterocycles. The van der Waals surface area contributed by atoms with E-state index in [1.807, 2.05) is 12.2 Å². The van der Waals surface area contributed by atoms with Crippen molar-refractivity contribution in [1.82, 2.24) is 0 Å². The van der Waals surface area contributed by atoms with Crippen molar-refractivity contribution in [3.63, 3.8) is 0 Å². The van der Waals surface area contributed by atoms with Gasteiger partial charge in [0.25, 0.3) is 0 Å². The van der Waals surface area contributed by atoms with Gasteiger partial charge in [0.2, 0.25) is 0 Å². The molecule has 6 aromatic carbocycles. The predicted molar refractivity (Wildman–Crippen MR) is 184 cm³/mol. The second-order valence-electron chi connectivity index (χ2n) is 10.7. The van der Waals surface area contributed by atoms with Gasteiger partial charge in [0.15, 0.2) is 0 Å². The first-order valence-electron chi connectivity index (χ1n) is 14.3. The molecule has 0 heterocycles. The summed E-state index contributed by atoms with van der Waals surface area (Å²) in [5.74, 6) is 0.